The van der Waals surface area contributed by atoms with Gasteiger partial charge in [0.1, 0.15) is 0 Å². The van der Waals surface area contributed by atoms with E-state index in [2.05, 4.69) is 32.6 Å². The van der Waals surface area contributed by atoms with Crippen molar-refractivity contribution in [3.63, 3.8) is 0 Å². The summed E-state index contributed by atoms with van der Waals surface area (Å²) in [7, 11) is 0. The Morgan fingerprint density at radius 1 is 0.973 bits per heavy atom. The molecule has 0 radical (unpaired) electrons. The van der Waals surface area contributed by atoms with E-state index in [9.17, 15) is 9.59 Å². The van der Waals surface area contributed by atoms with E-state index < -0.39 is 0 Å². The van der Waals surface area contributed by atoms with Crippen LogP contribution in [0.5, 0.6) is 0 Å². The van der Waals surface area contributed by atoms with E-state index in [1.807, 2.05) is 68.4 Å². The first-order valence-electron chi connectivity index (χ1n) is 13.1. The van der Waals surface area contributed by atoms with E-state index in [1.165, 1.54) is 0 Å². The summed E-state index contributed by atoms with van der Waals surface area (Å²) in [6.45, 7) is 7.33. The molecule has 5 rings (SSSR count). The van der Waals surface area contributed by atoms with Gasteiger partial charge < -0.3 is 15.5 Å². The molecule has 192 valence electrons. The molecule has 0 saturated carbocycles. The van der Waals surface area contributed by atoms with Gasteiger partial charge in [-0.3, -0.25) is 14.5 Å². The molecule has 7 heteroatoms. The van der Waals surface area contributed by atoms with Crippen molar-refractivity contribution in [2.45, 2.75) is 32.7 Å². The monoisotopic (exact) mass is 516 g/mol. The zero-order valence-corrected chi connectivity index (χ0v) is 22.1. The third-order valence-corrected chi connectivity index (χ3v) is 7.90. The van der Waals surface area contributed by atoms with Crippen molar-refractivity contribution >= 4 is 40.5 Å². The van der Waals surface area contributed by atoms with E-state index in [4.69, 9.17) is 11.6 Å². The van der Waals surface area contributed by atoms with Gasteiger partial charge >= 0.3 is 0 Å². The van der Waals surface area contributed by atoms with Crippen LogP contribution in [-0.2, 0) is 4.79 Å². The second-order valence-corrected chi connectivity index (χ2v) is 10.1. The van der Waals surface area contributed by atoms with Crippen LogP contribution in [0, 0.1) is 5.92 Å². The quantitative estimate of drug-likeness (QED) is 0.410. The van der Waals surface area contributed by atoms with Crippen LogP contribution in [0.1, 0.15) is 54.2 Å². The first-order valence-corrected chi connectivity index (χ1v) is 13.5. The molecule has 2 aliphatic rings. The van der Waals surface area contributed by atoms with Crippen molar-refractivity contribution in [2.24, 2.45) is 5.92 Å². The fraction of sp³-hybridized carbons (Fsp3) is 0.333. The number of piperazine rings is 1. The Bertz CT molecular complexity index is 1300. The fourth-order valence-electron chi connectivity index (χ4n) is 5.51. The molecule has 1 unspecified atom stereocenters. The fourth-order valence-corrected chi connectivity index (χ4v) is 5.81. The number of rotatable bonds is 6. The zero-order chi connectivity index (χ0) is 25.9. The number of hydrogen-bond donors (Lipinski definition) is 2. The van der Waals surface area contributed by atoms with Gasteiger partial charge in [0, 0.05) is 49.0 Å². The smallest absolute Gasteiger partial charge is 0.256 e. The molecule has 3 aromatic carbocycles. The van der Waals surface area contributed by atoms with Gasteiger partial charge in [-0.1, -0.05) is 61.8 Å². The second kappa shape index (κ2) is 11.0. The Labute approximate surface area is 223 Å². The number of nitrogens with one attached hydrogen (secondary N) is 2. The molecule has 0 aliphatic carbocycles. The van der Waals surface area contributed by atoms with Crippen LogP contribution in [0.2, 0.25) is 5.02 Å². The molecule has 0 aromatic heterocycles. The standard InChI is InChI=1S/C30H33ClN4O2/c1-3-20(4-2)29(36)32-21-13-14-27(25(31)19-21)34-15-17-35(18-16-34)28-22-9-5-6-10-23(22)30(37)33-26-12-8-7-11-24(26)28/h5-14,19-20,28H,3-4,15-18H2,1-2H3,(H,32,36)(H,33,37). The number of amides is 2. The van der Waals surface area contributed by atoms with E-state index >= 15 is 0 Å². The first kappa shape index (κ1) is 25.3. The van der Waals surface area contributed by atoms with Crippen LogP contribution in [0.25, 0.3) is 0 Å². The molecule has 1 atom stereocenters. The second-order valence-electron chi connectivity index (χ2n) is 9.72. The van der Waals surface area contributed by atoms with E-state index in [0.717, 1.165) is 72.8 Å². The van der Waals surface area contributed by atoms with Crippen LogP contribution in [0.3, 0.4) is 0 Å². The Morgan fingerprint density at radius 3 is 2.35 bits per heavy atom. The average Bonchev–Trinajstić information content (AvgIpc) is 3.03. The molecular weight excluding hydrogens is 484 g/mol. The molecule has 2 amide bonds. The molecule has 0 spiro atoms. The summed E-state index contributed by atoms with van der Waals surface area (Å²) in [6.07, 6.45) is 1.64. The minimum atomic E-state index is -0.0626. The molecule has 3 aromatic rings. The van der Waals surface area contributed by atoms with Crippen molar-refractivity contribution in [1.29, 1.82) is 0 Å². The first-order chi connectivity index (χ1) is 18.0. The molecule has 2 heterocycles. The van der Waals surface area contributed by atoms with E-state index in [1.54, 1.807) is 0 Å². The van der Waals surface area contributed by atoms with Crippen molar-refractivity contribution < 1.29 is 9.59 Å². The molecule has 2 N–H and O–H groups in total. The lowest BCUT2D eigenvalue weighted by atomic mass is 9.93. The van der Waals surface area contributed by atoms with Gasteiger partial charge in [0.25, 0.3) is 5.91 Å². The summed E-state index contributed by atoms with van der Waals surface area (Å²) < 4.78 is 0. The number of para-hydroxylation sites is 1. The highest BCUT2D eigenvalue weighted by molar-refractivity contribution is 6.33. The zero-order valence-electron chi connectivity index (χ0n) is 21.3. The van der Waals surface area contributed by atoms with Gasteiger partial charge in [0.2, 0.25) is 5.91 Å². The number of carbonyl (C=O) groups is 2. The summed E-state index contributed by atoms with van der Waals surface area (Å²) >= 11 is 6.70. The number of anilines is 3. The van der Waals surface area contributed by atoms with Gasteiger partial charge in [0.05, 0.1) is 16.8 Å². The minimum absolute atomic E-state index is 0.00774. The van der Waals surface area contributed by atoms with Crippen LogP contribution >= 0.6 is 11.6 Å². The predicted octanol–water partition coefficient (Wildman–Crippen LogP) is 6.19. The topological polar surface area (TPSA) is 64.7 Å². The number of fused-ring (bicyclic) bond motifs is 2. The van der Waals surface area contributed by atoms with Crippen LogP contribution < -0.4 is 15.5 Å². The minimum Gasteiger partial charge on any atom is -0.368 e. The largest absolute Gasteiger partial charge is 0.368 e. The molecule has 1 fully saturated rings. The maximum Gasteiger partial charge on any atom is 0.256 e. The number of nitrogens with zero attached hydrogens (tertiary/aromatic N) is 2. The number of benzene rings is 3. The van der Waals surface area contributed by atoms with Crippen LogP contribution in [-0.4, -0.2) is 42.9 Å². The number of halogens is 1. The summed E-state index contributed by atoms with van der Waals surface area (Å²) in [6, 6.07) is 21.8. The van der Waals surface area contributed by atoms with Gasteiger partial charge in [-0.2, -0.15) is 0 Å². The van der Waals surface area contributed by atoms with Crippen molar-refractivity contribution in [2.75, 3.05) is 41.7 Å². The maximum absolute atomic E-state index is 13.0. The van der Waals surface area contributed by atoms with Crippen molar-refractivity contribution in [3.8, 4) is 0 Å². The highest BCUT2D eigenvalue weighted by Gasteiger charge is 2.33. The van der Waals surface area contributed by atoms with Gasteiger partial charge in [-0.25, -0.2) is 0 Å². The van der Waals surface area contributed by atoms with Gasteiger partial charge in [-0.15, -0.1) is 0 Å². The summed E-state index contributed by atoms with van der Waals surface area (Å²) in [5, 5.41) is 6.74. The highest BCUT2D eigenvalue weighted by atomic mass is 35.5. The van der Waals surface area contributed by atoms with Crippen LogP contribution in [0.4, 0.5) is 17.1 Å². The Hall–Kier alpha value is -3.35. The molecule has 0 bridgehead atoms. The lowest BCUT2D eigenvalue weighted by Crippen LogP contribution is -2.48. The Morgan fingerprint density at radius 2 is 1.65 bits per heavy atom. The highest BCUT2D eigenvalue weighted by Crippen LogP contribution is 2.39. The molecule has 37 heavy (non-hydrogen) atoms. The number of hydrogen-bond acceptors (Lipinski definition) is 4. The molecule has 2 aliphatic heterocycles. The molecule has 1 saturated heterocycles. The number of carbonyl (C=O) groups excluding carboxylic acids is 2. The van der Waals surface area contributed by atoms with Gasteiger partial charge in [-0.05, 0) is 54.3 Å². The van der Waals surface area contributed by atoms with Gasteiger partial charge in [0.15, 0.2) is 0 Å². The predicted molar refractivity (Wildman–Crippen MR) is 151 cm³/mol. The normalized spacial score (nSPS) is 17.6. The third-order valence-electron chi connectivity index (χ3n) is 7.60. The molecular formula is C30H33ClN4O2. The van der Waals surface area contributed by atoms with Crippen LogP contribution in [0.15, 0.2) is 66.7 Å². The van der Waals surface area contributed by atoms with Crippen molar-refractivity contribution in [3.05, 3.63) is 88.4 Å². The molecule has 6 nitrogen and oxygen atoms in total. The maximum atomic E-state index is 13.0. The Kier molecular flexibility index (Phi) is 7.49. The lowest BCUT2D eigenvalue weighted by Gasteiger charge is -2.41. The summed E-state index contributed by atoms with van der Waals surface area (Å²) in [5.74, 6) is -0.0111. The SMILES string of the molecule is CCC(CC)C(=O)Nc1ccc(N2CCN(C3c4ccccc4NC(=O)c4ccccc43)CC2)c(Cl)c1. The van der Waals surface area contributed by atoms with E-state index in [-0.39, 0.29) is 23.8 Å². The average molecular weight is 517 g/mol. The van der Waals surface area contributed by atoms with E-state index in [0.29, 0.717) is 5.02 Å². The lowest BCUT2D eigenvalue weighted by molar-refractivity contribution is -0.120. The Balaban J connectivity index is 1.34. The summed E-state index contributed by atoms with van der Waals surface area (Å²) in [4.78, 5) is 30.2. The third kappa shape index (κ3) is 5.09. The van der Waals surface area contributed by atoms with Crippen molar-refractivity contribution in [1.82, 2.24) is 4.90 Å². The summed E-state index contributed by atoms with van der Waals surface area (Å²) in [5.41, 5.74) is 5.44.